The molecule has 4 rings (SSSR count). The molecular weight excluding hydrogens is 438 g/mol. The molecule has 7 nitrogen and oxygen atoms in total. The van der Waals surface area contributed by atoms with E-state index in [0.29, 0.717) is 17.1 Å². The van der Waals surface area contributed by atoms with Crippen molar-refractivity contribution in [3.05, 3.63) is 100 Å². The summed E-state index contributed by atoms with van der Waals surface area (Å²) in [5, 5.41) is 14.4. The van der Waals surface area contributed by atoms with Gasteiger partial charge in [0.2, 0.25) is 0 Å². The lowest BCUT2D eigenvalue weighted by Crippen LogP contribution is -2.30. The van der Waals surface area contributed by atoms with E-state index >= 15 is 0 Å². The number of allylic oxidation sites excluding steroid dienone is 1. The topological polar surface area (TPSA) is 91.2 Å². The number of carbonyl (C=O) groups is 1. The smallest absolute Gasteiger partial charge is 0.254 e. The molecule has 3 atom stereocenters. The third-order valence-electron chi connectivity index (χ3n) is 5.97. The van der Waals surface area contributed by atoms with Gasteiger partial charge in [-0.25, -0.2) is 4.98 Å². The van der Waals surface area contributed by atoms with Gasteiger partial charge < -0.3 is 15.3 Å². The summed E-state index contributed by atoms with van der Waals surface area (Å²) in [5.41, 5.74) is 4.23. The highest BCUT2D eigenvalue weighted by Crippen LogP contribution is 2.26. The maximum Gasteiger partial charge on any atom is 0.254 e. The first-order valence-electron chi connectivity index (χ1n) is 10.8. The Bertz CT molecular complexity index is 1120. The molecule has 1 aliphatic rings. The fourth-order valence-corrected chi connectivity index (χ4v) is 3.95. The van der Waals surface area contributed by atoms with E-state index in [1.807, 2.05) is 31.2 Å². The molecule has 2 aromatic heterocycles. The number of aliphatic hydroxyl groups is 1. The molecule has 8 heteroatoms. The number of halogens is 1. The zero-order chi connectivity index (χ0) is 23.4. The lowest BCUT2D eigenvalue weighted by molar-refractivity contribution is 0.0739. The van der Waals surface area contributed by atoms with Crippen LogP contribution >= 0.6 is 11.6 Å². The summed E-state index contributed by atoms with van der Waals surface area (Å²) in [7, 11) is 1.77. The largest absolute Gasteiger partial charge is 0.386 e. The number of nitrogens with one attached hydrogen (secondary N) is 1. The van der Waals surface area contributed by atoms with Crippen LogP contribution in [-0.4, -0.2) is 44.0 Å². The van der Waals surface area contributed by atoms with E-state index in [1.54, 1.807) is 48.9 Å². The van der Waals surface area contributed by atoms with Gasteiger partial charge in [-0.3, -0.25) is 14.8 Å². The van der Waals surface area contributed by atoms with Crippen LogP contribution in [0.15, 0.2) is 73.0 Å². The van der Waals surface area contributed by atoms with E-state index < -0.39 is 6.10 Å². The van der Waals surface area contributed by atoms with Gasteiger partial charge in [0.1, 0.15) is 11.3 Å². The number of amides is 1. The van der Waals surface area contributed by atoms with Crippen molar-refractivity contribution in [3.63, 3.8) is 0 Å². The molecule has 0 bridgehead atoms. The normalized spacial score (nSPS) is 17.1. The first-order chi connectivity index (χ1) is 15.9. The molecule has 3 heterocycles. The Balaban J connectivity index is 1.34. The minimum absolute atomic E-state index is 0.0716. The second kappa shape index (κ2) is 10.1. The van der Waals surface area contributed by atoms with E-state index in [2.05, 4.69) is 26.3 Å². The number of aliphatic hydroxyl groups excluding tert-OH is 1. The molecule has 2 N–H and O–H groups in total. The summed E-state index contributed by atoms with van der Waals surface area (Å²) < 4.78 is 0. The van der Waals surface area contributed by atoms with Gasteiger partial charge in [-0.05, 0) is 37.1 Å². The van der Waals surface area contributed by atoms with E-state index in [0.717, 1.165) is 28.9 Å². The molecule has 0 saturated heterocycles. The van der Waals surface area contributed by atoms with Crippen molar-refractivity contribution in [2.75, 3.05) is 7.05 Å². The first-order valence-corrected chi connectivity index (χ1v) is 11.2. The molecule has 0 aliphatic carbocycles. The number of carbonyl (C=O) groups excluding carboxylic acids is 1. The van der Waals surface area contributed by atoms with E-state index in [-0.39, 0.29) is 18.0 Å². The maximum absolute atomic E-state index is 12.9. The van der Waals surface area contributed by atoms with Gasteiger partial charge in [0.15, 0.2) is 0 Å². The van der Waals surface area contributed by atoms with Crippen LogP contribution in [0.5, 0.6) is 0 Å². The van der Waals surface area contributed by atoms with Crippen molar-refractivity contribution in [3.8, 4) is 0 Å². The molecule has 1 aliphatic heterocycles. The van der Waals surface area contributed by atoms with Crippen molar-refractivity contribution >= 4 is 17.5 Å². The van der Waals surface area contributed by atoms with Gasteiger partial charge in [-0.1, -0.05) is 35.9 Å². The van der Waals surface area contributed by atoms with E-state index in [9.17, 15) is 9.90 Å². The SMILES string of the molecule is CC(c1cnccn1)N(C)C(=O)c1ccc(CC2=CC[C@H]([C@H](O)c3ccc(Cl)nc3)N2)cc1. The standard InChI is InChI=1S/C25H26ClN5O2/c1-16(22-15-27-11-12-28-22)31(2)25(33)18-5-3-17(4-6-18)13-20-8-9-21(30-20)24(32)19-7-10-23(26)29-14-19/h3-8,10-12,14-16,21,24,30,32H,9,13H2,1-2H3/t16?,21-,24-/m1/s1. The summed E-state index contributed by atoms with van der Waals surface area (Å²) in [6, 6.07) is 10.8. The van der Waals surface area contributed by atoms with Gasteiger partial charge in [-0.15, -0.1) is 0 Å². The predicted octanol–water partition coefficient (Wildman–Crippen LogP) is 3.88. The van der Waals surface area contributed by atoms with E-state index in [1.165, 1.54) is 0 Å². The number of nitrogens with zero attached hydrogens (tertiary/aromatic N) is 4. The highest BCUT2D eigenvalue weighted by atomic mass is 35.5. The third kappa shape index (κ3) is 5.38. The van der Waals surface area contributed by atoms with Crippen LogP contribution in [-0.2, 0) is 6.42 Å². The number of benzene rings is 1. The number of aromatic nitrogens is 3. The maximum atomic E-state index is 12.9. The average molecular weight is 464 g/mol. The molecule has 170 valence electrons. The zero-order valence-electron chi connectivity index (χ0n) is 18.5. The number of hydrogen-bond donors (Lipinski definition) is 2. The summed E-state index contributed by atoms with van der Waals surface area (Å²) in [6.45, 7) is 1.93. The lowest BCUT2D eigenvalue weighted by atomic mass is 10.0. The van der Waals surface area contributed by atoms with Crippen LogP contribution in [0.3, 0.4) is 0 Å². The Morgan fingerprint density at radius 1 is 1.18 bits per heavy atom. The van der Waals surface area contributed by atoms with Crippen LogP contribution < -0.4 is 5.32 Å². The number of hydrogen-bond acceptors (Lipinski definition) is 6. The van der Waals surface area contributed by atoms with Crippen molar-refractivity contribution in [2.45, 2.75) is 38.0 Å². The minimum Gasteiger partial charge on any atom is -0.386 e. The highest BCUT2D eigenvalue weighted by Gasteiger charge is 2.25. The molecule has 3 aromatic rings. The molecule has 1 unspecified atom stereocenters. The Morgan fingerprint density at radius 3 is 2.64 bits per heavy atom. The number of rotatable bonds is 7. The van der Waals surface area contributed by atoms with Crippen LogP contribution in [0, 0.1) is 0 Å². The fraction of sp³-hybridized carbons (Fsp3) is 0.280. The second-order valence-electron chi connectivity index (χ2n) is 8.17. The van der Waals surface area contributed by atoms with Gasteiger partial charge in [0.25, 0.3) is 5.91 Å². The van der Waals surface area contributed by atoms with Crippen molar-refractivity contribution in [2.24, 2.45) is 0 Å². The highest BCUT2D eigenvalue weighted by molar-refractivity contribution is 6.29. The van der Waals surface area contributed by atoms with Crippen molar-refractivity contribution < 1.29 is 9.90 Å². The zero-order valence-corrected chi connectivity index (χ0v) is 19.3. The summed E-state index contributed by atoms with van der Waals surface area (Å²) in [5.74, 6) is -0.0716. The molecule has 0 radical (unpaired) electrons. The Hall–Kier alpha value is -3.29. The molecule has 0 spiro atoms. The van der Waals surface area contributed by atoms with Gasteiger partial charge in [-0.2, -0.15) is 0 Å². The van der Waals surface area contributed by atoms with Crippen molar-refractivity contribution in [1.82, 2.24) is 25.2 Å². The quantitative estimate of drug-likeness (QED) is 0.517. The second-order valence-corrected chi connectivity index (χ2v) is 8.56. The lowest BCUT2D eigenvalue weighted by Gasteiger charge is -2.24. The third-order valence-corrected chi connectivity index (χ3v) is 6.19. The van der Waals surface area contributed by atoms with Crippen LogP contribution in [0.4, 0.5) is 0 Å². The monoisotopic (exact) mass is 463 g/mol. The molecule has 33 heavy (non-hydrogen) atoms. The summed E-state index contributed by atoms with van der Waals surface area (Å²) >= 11 is 5.83. The Labute approximate surface area is 198 Å². The molecule has 1 aromatic carbocycles. The summed E-state index contributed by atoms with van der Waals surface area (Å²) in [6.07, 6.45) is 9.37. The molecule has 0 fully saturated rings. The Morgan fingerprint density at radius 2 is 1.97 bits per heavy atom. The first kappa shape index (κ1) is 22.9. The van der Waals surface area contributed by atoms with Gasteiger partial charge in [0.05, 0.1) is 24.0 Å². The molecular formula is C25H26ClN5O2. The summed E-state index contributed by atoms with van der Waals surface area (Å²) in [4.78, 5) is 27.0. The molecule has 0 saturated carbocycles. The predicted molar refractivity (Wildman–Crippen MR) is 127 cm³/mol. The van der Waals surface area contributed by atoms with E-state index in [4.69, 9.17) is 11.6 Å². The van der Waals surface area contributed by atoms with Crippen LogP contribution in [0.1, 0.15) is 52.7 Å². The fourth-order valence-electron chi connectivity index (χ4n) is 3.84. The number of pyridine rings is 1. The van der Waals surface area contributed by atoms with Crippen LogP contribution in [0.2, 0.25) is 5.15 Å². The van der Waals surface area contributed by atoms with Gasteiger partial charge in [0, 0.05) is 48.9 Å². The van der Waals surface area contributed by atoms with Crippen molar-refractivity contribution in [1.29, 1.82) is 0 Å². The van der Waals surface area contributed by atoms with Crippen LogP contribution in [0.25, 0.3) is 0 Å². The molecule has 1 amide bonds. The van der Waals surface area contributed by atoms with Gasteiger partial charge >= 0.3 is 0 Å². The minimum atomic E-state index is -0.671. The Kier molecular flexibility index (Phi) is 7.01. The average Bonchev–Trinajstić information content (AvgIpc) is 3.32.